The lowest BCUT2D eigenvalue weighted by Crippen LogP contribution is -2.35. The van der Waals surface area contributed by atoms with E-state index < -0.39 is 0 Å². The lowest BCUT2D eigenvalue weighted by molar-refractivity contribution is -0.121. The van der Waals surface area contributed by atoms with Gasteiger partial charge in [0.15, 0.2) is 0 Å². The first kappa shape index (κ1) is 13.5. The minimum absolute atomic E-state index is 0.0409. The summed E-state index contributed by atoms with van der Waals surface area (Å²) in [5.41, 5.74) is 5.56. The van der Waals surface area contributed by atoms with Crippen molar-refractivity contribution in [1.82, 2.24) is 10.2 Å². The van der Waals surface area contributed by atoms with Gasteiger partial charge in [-0.05, 0) is 45.7 Å². The molecule has 0 aromatic rings. The minimum Gasteiger partial charge on any atom is -0.356 e. The van der Waals surface area contributed by atoms with E-state index in [0.29, 0.717) is 6.42 Å². The maximum Gasteiger partial charge on any atom is 0.221 e. The van der Waals surface area contributed by atoms with Gasteiger partial charge in [-0.3, -0.25) is 4.79 Å². The summed E-state index contributed by atoms with van der Waals surface area (Å²) in [6.07, 6.45) is 4.11. The van der Waals surface area contributed by atoms with Crippen molar-refractivity contribution in [1.29, 1.82) is 0 Å². The highest BCUT2D eigenvalue weighted by Gasteiger charge is 2.16. The molecular formula is C12H25N3O. The predicted octanol–water partition coefficient (Wildman–Crippen LogP) is 0.572. The molecule has 3 N–H and O–H groups in total. The summed E-state index contributed by atoms with van der Waals surface area (Å²) in [5.74, 6) is 0.827. The molecule has 1 saturated heterocycles. The van der Waals surface area contributed by atoms with Crippen LogP contribution in [0.25, 0.3) is 0 Å². The normalized spacial score (nSPS) is 24.1. The van der Waals surface area contributed by atoms with Crippen molar-refractivity contribution in [3.05, 3.63) is 0 Å². The number of carbonyl (C=O) groups excluding carboxylic acids is 1. The topological polar surface area (TPSA) is 58.4 Å². The monoisotopic (exact) mass is 227 g/mol. The first-order valence-electron chi connectivity index (χ1n) is 6.28. The van der Waals surface area contributed by atoms with Crippen LogP contribution in [0.4, 0.5) is 0 Å². The molecule has 94 valence electrons. The average Bonchev–Trinajstić information content (AvgIpc) is 2.16. The molecule has 1 aliphatic heterocycles. The Balaban J connectivity index is 2.08. The summed E-state index contributed by atoms with van der Waals surface area (Å²) in [4.78, 5) is 13.7. The number of piperidine rings is 1. The van der Waals surface area contributed by atoms with Crippen LogP contribution in [-0.4, -0.2) is 43.5 Å². The molecule has 0 aliphatic carbocycles. The first-order valence-corrected chi connectivity index (χ1v) is 6.28. The number of rotatable bonds is 5. The number of likely N-dealkylation sites (tertiary alicyclic amines) is 1. The van der Waals surface area contributed by atoms with Crippen LogP contribution in [0.2, 0.25) is 0 Å². The van der Waals surface area contributed by atoms with Gasteiger partial charge in [0.25, 0.3) is 0 Å². The van der Waals surface area contributed by atoms with Crippen molar-refractivity contribution in [2.45, 2.75) is 38.6 Å². The molecule has 1 fully saturated rings. The van der Waals surface area contributed by atoms with Gasteiger partial charge < -0.3 is 16.0 Å². The molecule has 0 bridgehead atoms. The Morgan fingerprint density at radius 1 is 1.62 bits per heavy atom. The Hall–Kier alpha value is -0.610. The number of hydrogen-bond donors (Lipinski definition) is 2. The van der Waals surface area contributed by atoms with Crippen LogP contribution in [0.3, 0.4) is 0 Å². The summed E-state index contributed by atoms with van der Waals surface area (Å²) in [6, 6.07) is -0.0409. The van der Waals surface area contributed by atoms with Gasteiger partial charge in [-0.2, -0.15) is 0 Å². The summed E-state index contributed by atoms with van der Waals surface area (Å²) < 4.78 is 0. The number of hydrogen-bond acceptors (Lipinski definition) is 3. The van der Waals surface area contributed by atoms with Gasteiger partial charge in [-0.1, -0.05) is 0 Å². The van der Waals surface area contributed by atoms with E-state index in [-0.39, 0.29) is 11.9 Å². The fourth-order valence-corrected chi connectivity index (χ4v) is 2.29. The van der Waals surface area contributed by atoms with Gasteiger partial charge in [-0.15, -0.1) is 0 Å². The predicted molar refractivity (Wildman–Crippen MR) is 66.1 cm³/mol. The Bertz CT molecular complexity index is 218. The lowest BCUT2D eigenvalue weighted by Gasteiger charge is -2.29. The molecule has 2 atom stereocenters. The molecule has 1 amide bonds. The number of nitrogens with two attached hydrogens (primary N) is 1. The van der Waals surface area contributed by atoms with E-state index in [4.69, 9.17) is 5.73 Å². The SMILES string of the molecule is CC(N)CC(=O)NCCC1CCCN(C)C1. The third-order valence-corrected chi connectivity index (χ3v) is 3.10. The summed E-state index contributed by atoms with van der Waals surface area (Å²) in [6.45, 7) is 5.04. The molecule has 16 heavy (non-hydrogen) atoms. The van der Waals surface area contributed by atoms with Crippen molar-refractivity contribution >= 4 is 5.91 Å². The smallest absolute Gasteiger partial charge is 0.221 e. The highest BCUT2D eigenvalue weighted by molar-refractivity contribution is 5.76. The van der Waals surface area contributed by atoms with Crippen molar-refractivity contribution in [3.8, 4) is 0 Å². The Kier molecular flexibility index (Phi) is 5.77. The quantitative estimate of drug-likeness (QED) is 0.722. The molecular weight excluding hydrogens is 202 g/mol. The van der Waals surface area contributed by atoms with Gasteiger partial charge >= 0.3 is 0 Å². The van der Waals surface area contributed by atoms with E-state index in [2.05, 4.69) is 17.3 Å². The molecule has 0 aromatic heterocycles. The molecule has 1 aliphatic rings. The van der Waals surface area contributed by atoms with Crippen molar-refractivity contribution < 1.29 is 4.79 Å². The molecule has 0 aromatic carbocycles. The van der Waals surface area contributed by atoms with E-state index in [1.54, 1.807) is 0 Å². The van der Waals surface area contributed by atoms with E-state index in [0.717, 1.165) is 18.9 Å². The Morgan fingerprint density at radius 2 is 2.38 bits per heavy atom. The van der Waals surface area contributed by atoms with Crippen LogP contribution >= 0.6 is 0 Å². The zero-order chi connectivity index (χ0) is 12.0. The second kappa shape index (κ2) is 6.86. The van der Waals surface area contributed by atoms with Gasteiger partial charge in [0, 0.05) is 25.6 Å². The van der Waals surface area contributed by atoms with E-state index in [1.807, 2.05) is 6.92 Å². The van der Waals surface area contributed by atoms with Crippen molar-refractivity contribution in [3.63, 3.8) is 0 Å². The first-order chi connectivity index (χ1) is 7.58. The highest BCUT2D eigenvalue weighted by Crippen LogP contribution is 2.17. The fourth-order valence-electron chi connectivity index (χ4n) is 2.29. The van der Waals surface area contributed by atoms with Gasteiger partial charge in [-0.25, -0.2) is 0 Å². The molecule has 0 radical (unpaired) electrons. The van der Waals surface area contributed by atoms with Crippen molar-refractivity contribution in [2.24, 2.45) is 11.7 Å². The third-order valence-electron chi connectivity index (χ3n) is 3.10. The Labute approximate surface area is 98.6 Å². The van der Waals surface area contributed by atoms with Crippen LogP contribution < -0.4 is 11.1 Å². The molecule has 4 heteroatoms. The summed E-state index contributed by atoms with van der Waals surface area (Å²) in [5, 5.41) is 2.94. The van der Waals surface area contributed by atoms with Crippen molar-refractivity contribution in [2.75, 3.05) is 26.7 Å². The van der Waals surface area contributed by atoms with Crippen LogP contribution in [0.5, 0.6) is 0 Å². The van der Waals surface area contributed by atoms with Gasteiger partial charge in [0.2, 0.25) is 5.91 Å². The average molecular weight is 227 g/mol. The minimum atomic E-state index is -0.0409. The van der Waals surface area contributed by atoms with E-state index in [1.165, 1.54) is 25.9 Å². The maximum absolute atomic E-state index is 11.4. The largest absolute Gasteiger partial charge is 0.356 e. The zero-order valence-corrected chi connectivity index (χ0v) is 10.5. The third kappa shape index (κ3) is 5.47. The van der Waals surface area contributed by atoms with Crippen LogP contribution in [0.15, 0.2) is 0 Å². The van der Waals surface area contributed by atoms with Crippen LogP contribution in [0.1, 0.15) is 32.6 Å². The number of carbonyl (C=O) groups is 1. The molecule has 1 heterocycles. The molecule has 0 saturated carbocycles. The number of nitrogens with zero attached hydrogens (tertiary/aromatic N) is 1. The maximum atomic E-state index is 11.4. The number of amides is 1. The Morgan fingerprint density at radius 3 is 3.00 bits per heavy atom. The summed E-state index contributed by atoms with van der Waals surface area (Å²) >= 11 is 0. The fraction of sp³-hybridized carbons (Fsp3) is 0.917. The second-order valence-electron chi connectivity index (χ2n) is 5.09. The van der Waals surface area contributed by atoms with Gasteiger partial charge in [0.1, 0.15) is 0 Å². The molecule has 2 unspecified atom stereocenters. The van der Waals surface area contributed by atoms with E-state index in [9.17, 15) is 4.79 Å². The summed E-state index contributed by atoms with van der Waals surface area (Å²) in [7, 11) is 2.17. The van der Waals surface area contributed by atoms with Crippen LogP contribution in [0, 0.1) is 5.92 Å². The molecule has 0 spiro atoms. The number of nitrogens with one attached hydrogen (secondary N) is 1. The van der Waals surface area contributed by atoms with Gasteiger partial charge in [0.05, 0.1) is 0 Å². The highest BCUT2D eigenvalue weighted by atomic mass is 16.1. The molecule has 1 rings (SSSR count). The lowest BCUT2D eigenvalue weighted by atomic mass is 9.95. The zero-order valence-electron chi connectivity index (χ0n) is 10.5. The standard InChI is InChI=1S/C12H25N3O/c1-10(13)8-12(16)14-6-5-11-4-3-7-15(2)9-11/h10-11H,3-9,13H2,1-2H3,(H,14,16). The second-order valence-corrected chi connectivity index (χ2v) is 5.09. The van der Waals surface area contributed by atoms with Crippen LogP contribution in [-0.2, 0) is 4.79 Å². The van der Waals surface area contributed by atoms with E-state index >= 15 is 0 Å². The molecule has 4 nitrogen and oxygen atoms in total.